The van der Waals surface area contributed by atoms with Crippen LogP contribution in [0, 0.1) is 0 Å². The molecule has 0 saturated carbocycles. The van der Waals surface area contributed by atoms with Crippen LogP contribution in [0.2, 0.25) is 0 Å². The van der Waals surface area contributed by atoms with Gasteiger partial charge in [0, 0.05) is 44.0 Å². The molecule has 0 radical (unpaired) electrons. The van der Waals surface area contributed by atoms with Gasteiger partial charge in [-0.25, -0.2) is 0 Å². The number of likely N-dealkylation sites (tertiary alicyclic amines) is 1. The van der Waals surface area contributed by atoms with E-state index in [-0.39, 0.29) is 36.1 Å². The van der Waals surface area contributed by atoms with E-state index in [1.165, 1.54) is 13.2 Å². The van der Waals surface area contributed by atoms with E-state index in [0.717, 1.165) is 11.1 Å². The van der Waals surface area contributed by atoms with Crippen molar-refractivity contribution in [3.63, 3.8) is 0 Å². The summed E-state index contributed by atoms with van der Waals surface area (Å²) in [5.41, 5.74) is 2.10. The summed E-state index contributed by atoms with van der Waals surface area (Å²) < 4.78 is 17.3. The van der Waals surface area contributed by atoms with E-state index >= 15 is 0 Å². The smallest absolute Gasteiger partial charge is 0.258 e. The molecule has 2 atom stereocenters. The van der Waals surface area contributed by atoms with Crippen LogP contribution in [-0.4, -0.2) is 60.7 Å². The molecule has 4 heterocycles. The standard InChI is InChI=1S/C27H28N4O6/c1-35-22-8-5-19-10-23(22)36-16-26(33)29-11-17-2-6-20(7-3-17)37-24-15-31(14-21(24)30-27(19)34)13-18-4-9-25(32)28-12-18/h2-10,12,21,24H,11,13-16H2,1H3,(H,28,32)(H,29,33)(H,30,34)/t21-,24-/m0/s1. The van der Waals surface area contributed by atoms with Crippen LogP contribution in [0.3, 0.4) is 0 Å². The van der Waals surface area contributed by atoms with Gasteiger partial charge in [-0.05, 0) is 41.5 Å². The Labute approximate surface area is 213 Å². The zero-order chi connectivity index (χ0) is 25.8. The van der Waals surface area contributed by atoms with Crippen LogP contribution in [0.25, 0.3) is 0 Å². The summed E-state index contributed by atoms with van der Waals surface area (Å²) in [5, 5.41) is 5.93. The van der Waals surface area contributed by atoms with Crippen LogP contribution < -0.4 is 30.4 Å². The lowest BCUT2D eigenvalue weighted by Gasteiger charge is -2.21. The van der Waals surface area contributed by atoms with Gasteiger partial charge in [0.2, 0.25) is 5.56 Å². The predicted octanol–water partition coefficient (Wildman–Crippen LogP) is 1.45. The van der Waals surface area contributed by atoms with Gasteiger partial charge >= 0.3 is 0 Å². The zero-order valence-corrected chi connectivity index (χ0v) is 20.4. The maximum atomic E-state index is 13.3. The van der Waals surface area contributed by atoms with Gasteiger partial charge < -0.3 is 29.8 Å². The minimum absolute atomic E-state index is 0.151. The number of hydrogen-bond donors (Lipinski definition) is 3. The third kappa shape index (κ3) is 5.92. The number of hydrogen-bond acceptors (Lipinski definition) is 7. The average molecular weight is 505 g/mol. The van der Waals surface area contributed by atoms with Crippen molar-refractivity contribution in [2.45, 2.75) is 25.2 Å². The third-order valence-electron chi connectivity index (χ3n) is 6.40. The summed E-state index contributed by atoms with van der Waals surface area (Å²) in [6.45, 7) is 1.87. The second kappa shape index (κ2) is 10.8. The summed E-state index contributed by atoms with van der Waals surface area (Å²) in [7, 11) is 1.50. The van der Waals surface area contributed by atoms with Crippen molar-refractivity contribution in [3.05, 3.63) is 87.8 Å². The number of pyridine rings is 1. The number of ether oxygens (including phenoxy) is 3. The number of methoxy groups -OCH3 is 1. The molecule has 37 heavy (non-hydrogen) atoms. The molecule has 10 heteroatoms. The second-order valence-electron chi connectivity index (χ2n) is 9.07. The minimum Gasteiger partial charge on any atom is -0.493 e. The van der Waals surface area contributed by atoms with Crippen LogP contribution in [-0.2, 0) is 17.9 Å². The van der Waals surface area contributed by atoms with Crippen LogP contribution in [0.5, 0.6) is 17.2 Å². The maximum Gasteiger partial charge on any atom is 0.258 e. The highest BCUT2D eigenvalue weighted by molar-refractivity contribution is 5.95. The van der Waals surface area contributed by atoms with Gasteiger partial charge in [-0.2, -0.15) is 0 Å². The van der Waals surface area contributed by atoms with Crippen molar-refractivity contribution in [3.8, 4) is 17.2 Å². The van der Waals surface area contributed by atoms with E-state index in [2.05, 4.69) is 20.5 Å². The molecule has 0 spiro atoms. The molecule has 1 aromatic heterocycles. The van der Waals surface area contributed by atoms with Gasteiger partial charge in [0.25, 0.3) is 11.8 Å². The van der Waals surface area contributed by atoms with Crippen molar-refractivity contribution in [1.82, 2.24) is 20.5 Å². The number of amides is 2. The first-order chi connectivity index (χ1) is 18.0. The molecule has 3 N–H and O–H groups in total. The van der Waals surface area contributed by atoms with Crippen LogP contribution in [0.15, 0.2) is 65.6 Å². The summed E-state index contributed by atoms with van der Waals surface area (Å²) in [4.78, 5) is 41.9. The molecule has 192 valence electrons. The molecule has 1 saturated heterocycles. The highest BCUT2D eigenvalue weighted by Gasteiger charge is 2.36. The molecule has 0 unspecified atom stereocenters. The zero-order valence-electron chi connectivity index (χ0n) is 20.4. The minimum atomic E-state index is -0.304. The number of rotatable bonds is 3. The summed E-state index contributed by atoms with van der Waals surface area (Å²) >= 11 is 0. The van der Waals surface area contributed by atoms with Crippen molar-refractivity contribution in [1.29, 1.82) is 0 Å². The topological polar surface area (TPSA) is 122 Å². The molecular weight excluding hydrogens is 476 g/mol. The Bertz CT molecular complexity index is 1320. The van der Waals surface area contributed by atoms with Gasteiger partial charge in [-0.1, -0.05) is 18.2 Å². The quantitative estimate of drug-likeness (QED) is 0.494. The molecule has 3 aliphatic rings. The molecule has 3 aromatic rings. The Morgan fingerprint density at radius 2 is 1.86 bits per heavy atom. The lowest BCUT2D eigenvalue weighted by molar-refractivity contribution is -0.123. The lowest BCUT2D eigenvalue weighted by Crippen LogP contribution is -2.45. The normalized spacial score (nSPS) is 20.1. The highest BCUT2D eigenvalue weighted by Crippen LogP contribution is 2.29. The fraction of sp³-hybridized carbons (Fsp3) is 0.296. The van der Waals surface area contributed by atoms with E-state index < -0.39 is 0 Å². The van der Waals surface area contributed by atoms with Crippen LogP contribution in [0.1, 0.15) is 21.5 Å². The van der Waals surface area contributed by atoms with E-state index in [1.807, 2.05) is 24.3 Å². The molecule has 4 bridgehead atoms. The Kier molecular flexibility index (Phi) is 7.09. The number of nitrogens with one attached hydrogen (secondary N) is 3. The number of H-pyrrole nitrogens is 1. The summed E-state index contributed by atoms with van der Waals surface area (Å²) in [6.07, 6.45) is 1.40. The summed E-state index contributed by atoms with van der Waals surface area (Å²) in [6, 6.07) is 15.3. The Balaban J connectivity index is 1.42. The monoisotopic (exact) mass is 504 g/mol. The molecule has 2 amide bonds. The predicted molar refractivity (Wildman–Crippen MR) is 135 cm³/mol. The van der Waals surface area contributed by atoms with Crippen molar-refractivity contribution in [2.24, 2.45) is 0 Å². The van der Waals surface area contributed by atoms with Crippen LogP contribution in [0.4, 0.5) is 0 Å². The number of carbonyl (C=O) groups is 2. The third-order valence-corrected chi connectivity index (χ3v) is 6.40. The second-order valence-corrected chi connectivity index (χ2v) is 9.07. The molecule has 6 rings (SSSR count). The van der Waals surface area contributed by atoms with Crippen molar-refractivity contribution in [2.75, 3.05) is 26.8 Å². The molecule has 0 aliphatic carbocycles. The molecule has 1 fully saturated rings. The number of benzene rings is 2. The van der Waals surface area contributed by atoms with E-state index in [1.54, 1.807) is 30.5 Å². The SMILES string of the molecule is COc1ccc2cc1OCC(=O)NCc1ccc(cc1)O[C@H]1CN(Cc3ccc(=O)[nH]c3)C[C@@H]1NC2=O. The molecular formula is C27H28N4O6. The fourth-order valence-electron chi connectivity index (χ4n) is 4.48. The number of nitrogens with zero attached hydrogens (tertiary/aromatic N) is 1. The number of carbonyl (C=O) groups excluding carboxylic acids is 2. The van der Waals surface area contributed by atoms with E-state index in [0.29, 0.717) is 49.0 Å². The molecule has 3 aliphatic heterocycles. The highest BCUT2D eigenvalue weighted by atomic mass is 16.5. The summed E-state index contributed by atoms with van der Waals surface area (Å²) in [5.74, 6) is 0.813. The largest absolute Gasteiger partial charge is 0.493 e. The lowest BCUT2D eigenvalue weighted by atomic mass is 10.1. The maximum absolute atomic E-state index is 13.3. The van der Waals surface area contributed by atoms with E-state index in [4.69, 9.17) is 14.2 Å². The Morgan fingerprint density at radius 3 is 2.62 bits per heavy atom. The van der Waals surface area contributed by atoms with Gasteiger partial charge in [-0.3, -0.25) is 19.3 Å². The molecule has 2 aromatic carbocycles. The van der Waals surface area contributed by atoms with Crippen molar-refractivity contribution >= 4 is 11.8 Å². The van der Waals surface area contributed by atoms with Gasteiger partial charge in [0.05, 0.1) is 13.2 Å². The van der Waals surface area contributed by atoms with Crippen LogP contribution >= 0.6 is 0 Å². The number of fused-ring (bicyclic) bond motifs is 7. The van der Waals surface area contributed by atoms with Crippen molar-refractivity contribution < 1.29 is 23.8 Å². The van der Waals surface area contributed by atoms with Gasteiger partial charge in [0.1, 0.15) is 11.9 Å². The first-order valence-electron chi connectivity index (χ1n) is 12.0. The molecule has 10 nitrogen and oxygen atoms in total. The van der Waals surface area contributed by atoms with Gasteiger partial charge in [0.15, 0.2) is 18.1 Å². The Morgan fingerprint density at radius 1 is 1.03 bits per heavy atom. The number of aromatic amines is 1. The Hall–Kier alpha value is -4.31. The average Bonchev–Trinajstić information content (AvgIpc) is 3.27. The first-order valence-corrected chi connectivity index (χ1v) is 12.0. The number of aromatic nitrogens is 1. The first kappa shape index (κ1) is 24.4. The van der Waals surface area contributed by atoms with Gasteiger partial charge in [-0.15, -0.1) is 0 Å². The fourth-order valence-corrected chi connectivity index (χ4v) is 4.48. The van der Waals surface area contributed by atoms with E-state index in [9.17, 15) is 14.4 Å².